The highest BCUT2D eigenvalue weighted by Crippen LogP contribution is 2.31. The Balaban J connectivity index is 1.83. The summed E-state index contributed by atoms with van der Waals surface area (Å²) in [5.74, 6) is 0.960. The maximum atomic E-state index is 11.6. The standard InChI is InChI=1S/C13H24N2O3/c1-18-9-13(17)14-12-7-15(6-10-2-3-10)5-4-11(12)8-16/h10-12,16H,2-9H2,1H3,(H,14,17)/t11-,12-/m1/s1. The number of nitrogens with one attached hydrogen (secondary N) is 1. The normalized spacial score (nSPS) is 29.2. The van der Waals surface area contributed by atoms with Crippen LogP contribution in [0.5, 0.6) is 0 Å². The summed E-state index contributed by atoms with van der Waals surface area (Å²) in [6.45, 7) is 3.29. The molecule has 1 saturated carbocycles. The summed E-state index contributed by atoms with van der Waals surface area (Å²) in [7, 11) is 1.52. The molecule has 0 unspecified atom stereocenters. The lowest BCUT2D eigenvalue weighted by atomic mass is 9.92. The molecule has 1 saturated heterocycles. The molecule has 1 heterocycles. The van der Waals surface area contributed by atoms with Crippen molar-refractivity contribution in [3.8, 4) is 0 Å². The first-order valence-electron chi connectivity index (χ1n) is 6.84. The van der Waals surface area contributed by atoms with E-state index in [1.807, 2.05) is 0 Å². The van der Waals surface area contributed by atoms with E-state index in [-0.39, 0.29) is 31.1 Å². The zero-order valence-corrected chi connectivity index (χ0v) is 11.1. The van der Waals surface area contributed by atoms with Gasteiger partial charge in [0.1, 0.15) is 6.61 Å². The maximum absolute atomic E-state index is 11.6. The molecule has 0 bridgehead atoms. The van der Waals surface area contributed by atoms with Crippen LogP contribution in [0.15, 0.2) is 0 Å². The summed E-state index contributed by atoms with van der Waals surface area (Å²) in [5, 5.41) is 12.4. The number of amides is 1. The predicted octanol–water partition coefficient (Wildman–Crippen LogP) is -0.158. The Hall–Kier alpha value is -0.650. The van der Waals surface area contributed by atoms with Crippen molar-refractivity contribution in [1.29, 1.82) is 0 Å². The van der Waals surface area contributed by atoms with Crippen molar-refractivity contribution in [2.75, 3.05) is 40.0 Å². The molecule has 2 aliphatic rings. The third kappa shape index (κ3) is 3.93. The smallest absolute Gasteiger partial charge is 0.246 e. The highest BCUT2D eigenvalue weighted by Gasteiger charge is 2.32. The van der Waals surface area contributed by atoms with Gasteiger partial charge in [-0.2, -0.15) is 0 Å². The van der Waals surface area contributed by atoms with Crippen LogP contribution in [0.3, 0.4) is 0 Å². The monoisotopic (exact) mass is 256 g/mol. The lowest BCUT2D eigenvalue weighted by Crippen LogP contribution is -2.54. The van der Waals surface area contributed by atoms with Crippen molar-refractivity contribution in [3.63, 3.8) is 0 Å². The number of aliphatic hydroxyl groups excluding tert-OH is 1. The van der Waals surface area contributed by atoms with Crippen molar-refractivity contribution in [3.05, 3.63) is 0 Å². The Morgan fingerprint density at radius 1 is 1.44 bits per heavy atom. The summed E-state index contributed by atoms with van der Waals surface area (Å²) in [5.41, 5.74) is 0. The van der Waals surface area contributed by atoms with E-state index >= 15 is 0 Å². The average molecular weight is 256 g/mol. The van der Waals surface area contributed by atoms with E-state index < -0.39 is 0 Å². The molecule has 18 heavy (non-hydrogen) atoms. The third-order valence-electron chi connectivity index (χ3n) is 3.91. The van der Waals surface area contributed by atoms with Crippen molar-refractivity contribution in [2.24, 2.45) is 11.8 Å². The van der Waals surface area contributed by atoms with E-state index in [2.05, 4.69) is 10.2 Å². The molecule has 2 fully saturated rings. The van der Waals surface area contributed by atoms with Crippen LogP contribution in [0.25, 0.3) is 0 Å². The zero-order valence-electron chi connectivity index (χ0n) is 11.1. The number of hydrogen-bond donors (Lipinski definition) is 2. The van der Waals surface area contributed by atoms with Gasteiger partial charge < -0.3 is 20.1 Å². The fraction of sp³-hybridized carbons (Fsp3) is 0.923. The summed E-state index contributed by atoms with van der Waals surface area (Å²) in [6, 6.07) is 0.0603. The van der Waals surface area contributed by atoms with Crippen LogP contribution in [-0.2, 0) is 9.53 Å². The van der Waals surface area contributed by atoms with Gasteiger partial charge in [-0.25, -0.2) is 0 Å². The second-order valence-corrected chi connectivity index (χ2v) is 5.54. The largest absolute Gasteiger partial charge is 0.396 e. The SMILES string of the molecule is COCC(=O)N[C@@H]1CN(CC2CC2)CC[C@@H]1CO. The van der Waals surface area contributed by atoms with E-state index in [9.17, 15) is 9.90 Å². The highest BCUT2D eigenvalue weighted by atomic mass is 16.5. The molecular weight excluding hydrogens is 232 g/mol. The van der Waals surface area contributed by atoms with Gasteiger partial charge in [0.15, 0.2) is 0 Å². The molecule has 0 aromatic rings. The fourth-order valence-electron chi connectivity index (χ4n) is 2.66. The second-order valence-electron chi connectivity index (χ2n) is 5.54. The van der Waals surface area contributed by atoms with Gasteiger partial charge in [-0.1, -0.05) is 0 Å². The third-order valence-corrected chi connectivity index (χ3v) is 3.91. The van der Waals surface area contributed by atoms with Gasteiger partial charge in [0, 0.05) is 38.8 Å². The Morgan fingerprint density at radius 3 is 2.83 bits per heavy atom. The molecule has 5 nitrogen and oxygen atoms in total. The van der Waals surface area contributed by atoms with Crippen LogP contribution < -0.4 is 5.32 Å². The fourth-order valence-corrected chi connectivity index (χ4v) is 2.66. The minimum atomic E-state index is -0.0887. The molecule has 1 aliphatic heterocycles. The lowest BCUT2D eigenvalue weighted by Gasteiger charge is -2.38. The van der Waals surface area contributed by atoms with E-state index in [1.54, 1.807) is 0 Å². The predicted molar refractivity (Wildman–Crippen MR) is 68.2 cm³/mol. The minimum Gasteiger partial charge on any atom is -0.396 e. The topological polar surface area (TPSA) is 61.8 Å². The van der Waals surface area contributed by atoms with Gasteiger partial charge >= 0.3 is 0 Å². The number of ether oxygens (including phenoxy) is 1. The van der Waals surface area contributed by atoms with Crippen LogP contribution in [0.2, 0.25) is 0 Å². The van der Waals surface area contributed by atoms with Crippen LogP contribution in [0.1, 0.15) is 19.3 Å². The Labute approximate surface area is 108 Å². The average Bonchev–Trinajstić information content (AvgIpc) is 3.14. The van der Waals surface area contributed by atoms with Gasteiger partial charge in [0.25, 0.3) is 0 Å². The molecule has 0 radical (unpaired) electrons. The van der Waals surface area contributed by atoms with Crippen molar-refractivity contribution < 1.29 is 14.6 Å². The number of nitrogens with zero attached hydrogens (tertiary/aromatic N) is 1. The molecule has 1 aliphatic carbocycles. The van der Waals surface area contributed by atoms with Crippen LogP contribution in [0.4, 0.5) is 0 Å². The van der Waals surface area contributed by atoms with Gasteiger partial charge in [-0.3, -0.25) is 4.79 Å². The zero-order chi connectivity index (χ0) is 13.0. The number of carbonyl (C=O) groups excluding carboxylic acids is 1. The van der Waals surface area contributed by atoms with Crippen molar-refractivity contribution in [2.45, 2.75) is 25.3 Å². The molecule has 2 rings (SSSR count). The van der Waals surface area contributed by atoms with Crippen molar-refractivity contribution in [1.82, 2.24) is 10.2 Å². The summed E-state index contributed by atoms with van der Waals surface area (Å²) < 4.78 is 4.83. The number of aliphatic hydroxyl groups is 1. The lowest BCUT2D eigenvalue weighted by molar-refractivity contribution is -0.126. The molecule has 0 aromatic carbocycles. The van der Waals surface area contributed by atoms with Crippen LogP contribution >= 0.6 is 0 Å². The number of carbonyl (C=O) groups is 1. The molecule has 104 valence electrons. The van der Waals surface area contributed by atoms with E-state index in [0.29, 0.717) is 0 Å². The first-order valence-corrected chi connectivity index (χ1v) is 6.84. The first kappa shape index (κ1) is 13.8. The van der Waals surface area contributed by atoms with E-state index in [0.717, 1.165) is 32.0 Å². The molecule has 1 amide bonds. The molecule has 2 N–H and O–H groups in total. The molecule has 0 spiro atoms. The van der Waals surface area contributed by atoms with Gasteiger partial charge in [-0.15, -0.1) is 0 Å². The number of rotatable bonds is 6. The summed E-state index contributed by atoms with van der Waals surface area (Å²) in [4.78, 5) is 14.0. The molecular formula is C13H24N2O3. The number of piperidine rings is 1. The Morgan fingerprint density at radius 2 is 2.22 bits per heavy atom. The van der Waals surface area contributed by atoms with E-state index in [4.69, 9.17) is 4.74 Å². The molecule has 2 atom stereocenters. The molecule has 5 heteroatoms. The summed E-state index contributed by atoms with van der Waals surface area (Å²) in [6.07, 6.45) is 3.66. The van der Waals surface area contributed by atoms with Gasteiger partial charge in [0.2, 0.25) is 5.91 Å². The molecule has 0 aromatic heterocycles. The van der Waals surface area contributed by atoms with Crippen LogP contribution in [-0.4, -0.2) is 61.9 Å². The Kier molecular flexibility index (Phi) is 4.97. The van der Waals surface area contributed by atoms with Crippen LogP contribution in [0, 0.1) is 11.8 Å². The summed E-state index contributed by atoms with van der Waals surface area (Å²) >= 11 is 0. The number of likely N-dealkylation sites (tertiary alicyclic amines) is 1. The Bertz CT molecular complexity index is 281. The van der Waals surface area contributed by atoms with Crippen molar-refractivity contribution >= 4 is 5.91 Å². The van der Waals surface area contributed by atoms with Gasteiger partial charge in [-0.05, 0) is 31.7 Å². The quantitative estimate of drug-likeness (QED) is 0.693. The number of methoxy groups -OCH3 is 1. The van der Waals surface area contributed by atoms with E-state index in [1.165, 1.54) is 20.0 Å². The second kappa shape index (κ2) is 6.50. The number of hydrogen-bond acceptors (Lipinski definition) is 4. The van der Waals surface area contributed by atoms with Gasteiger partial charge in [0.05, 0.1) is 0 Å². The maximum Gasteiger partial charge on any atom is 0.246 e. The highest BCUT2D eigenvalue weighted by molar-refractivity contribution is 5.77. The first-order chi connectivity index (χ1) is 8.72. The minimum absolute atomic E-state index is 0.0603.